The first-order valence-electron chi connectivity index (χ1n) is 13.8. The van der Waals surface area contributed by atoms with Crippen LogP contribution < -0.4 is 5.32 Å². The molecule has 1 aromatic heterocycles. The van der Waals surface area contributed by atoms with E-state index >= 15 is 0 Å². The number of carbonyl (C=O) groups is 3. The zero-order valence-electron chi connectivity index (χ0n) is 22.9. The molecule has 0 unspecified atom stereocenters. The van der Waals surface area contributed by atoms with Crippen LogP contribution in [0.5, 0.6) is 0 Å². The molecule has 0 aliphatic heterocycles. The number of nitrogens with zero attached hydrogens (tertiary/aromatic N) is 2. The van der Waals surface area contributed by atoms with Gasteiger partial charge in [0, 0.05) is 31.8 Å². The number of hydrogen-bond donors (Lipinski definition) is 1. The van der Waals surface area contributed by atoms with Crippen LogP contribution in [0.25, 0.3) is 10.2 Å². The molecule has 202 valence electrons. The lowest BCUT2D eigenvalue weighted by molar-refractivity contribution is -0.130. The molecule has 0 spiro atoms. The summed E-state index contributed by atoms with van der Waals surface area (Å²) in [6, 6.07) is 6.25. The van der Waals surface area contributed by atoms with Crippen LogP contribution in [0.1, 0.15) is 75.8 Å². The van der Waals surface area contributed by atoms with E-state index in [0.29, 0.717) is 25.2 Å². The number of hydrogen-bond acceptors (Lipinski definition) is 6. The Hall–Kier alpha value is -2.38. The van der Waals surface area contributed by atoms with Crippen LogP contribution in [-0.4, -0.2) is 54.0 Å². The van der Waals surface area contributed by atoms with E-state index in [1.165, 1.54) is 12.0 Å². The minimum Gasteiger partial charge on any atom is -0.353 e. The highest BCUT2D eigenvalue weighted by Gasteiger charge is 2.29. The zero-order valence-corrected chi connectivity index (χ0v) is 23.7. The number of Topliss-reactive ketones (excluding diaryl/α,β-unsaturated/α-hetero) is 1. The predicted octanol–water partition coefficient (Wildman–Crippen LogP) is 5.53. The Balaban J connectivity index is 1.70. The molecular formula is C30H43N3O3S. The molecule has 0 saturated heterocycles. The van der Waals surface area contributed by atoms with Gasteiger partial charge < -0.3 is 15.0 Å². The highest BCUT2D eigenvalue weighted by molar-refractivity contribution is 7.18. The predicted molar refractivity (Wildman–Crippen MR) is 152 cm³/mol. The zero-order chi connectivity index (χ0) is 26.8. The van der Waals surface area contributed by atoms with E-state index in [1.807, 2.05) is 31.1 Å². The van der Waals surface area contributed by atoms with Crippen LogP contribution in [0.3, 0.4) is 0 Å². The molecular weight excluding hydrogens is 482 g/mol. The Labute approximate surface area is 225 Å². The van der Waals surface area contributed by atoms with Gasteiger partial charge in [-0.2, -0.15) is 0 Å². The molecule has 1 heterocycles. The van der Waals surface area contributed by atoms with Gasteiger partial charge in [0.25, 0.3) is 0 Å². The van der Waals surface area contributed by atoms with E-state index in [9.17, 15) is 14.4 Å². The van der Waals surface area contributed by atoms with E-state index in [4.69, 9.17) is 4.98 Å². The Bertz CT molecular complexity index is 1080. The number of likely N-dealkylation sites (N-methyl/N-ethyl adjacent to an activating group) is 1. The Morgan fingerprint density at radius 2 is 1.95 bits per heavy atom. The van der Waals surface area contributed by atoms with Crippen LogP contribution in [0, 0.1) is 11.8 Å². The fourth-order valence-corrected chi connectivity index (χ4v) is 6.29. The third kappa shape index (κ3) is 9.46. The van der Waals surface area contributed by atoms with Gasteiger partial charge in [0.05, 0.1) is 21.1 Å². The number of aromatic nitrogens is 1. The Morgan fingerprint density at radius 1 is 1.19 bits per heavy atom. The monoisotopic (exact) mass is 525 g/mol. The minimum absolute atomic E-state index is 0.00459. The molecule has 1 aliphatic carbocycles. The molecule has 1 aliphatic rings. The molecule has 2 aromatic rings. The Kier molecular flexibility index (Phi) is 11.5. The maximum absolute atomic E-state index is 13.6. The van der Waals surface area contributed by atoms with Crippen molar-refractivity contribution in [2.24, 2.45) is 11.8 Å². The van der Waals surface area contributed by atoms with Crippen molar-refractivity contribution in [3.8, 4) is 0 Å². The fraction of sp³-hybridized carbons (Fsp3) is 0.600. The van der Waals surface area contributed by atoms with E-state index < -0.39 is 5.92 Å². The molecule has 1 fully saturated rings. The van der Waals surface area contributed by atoms with Gasteiger partial charge >= 0.3 is 0 Å². The number of fused-ring (bicyclic) bond motifs is 1. The van der Waals surface area contributed by atoms with Crippen molar-refractivity contribution in [3.05, 3.63) is 40.9 Å². The number of benzene rings is 1. The summed E-state index contributed by atoms with van der Waals surface area (Å²) < 4.78 is 1.12. The first kappa shape index (κ1) is 29.2. The molecule has 37 heavy (non-hydrogen) atoms. The van der Waals surface area contributed by atoms with Crippen molar-refractivity contribution in [3.63, 3.8) is 0 Å². The summed E-state index contributed by atoms with van der Waals surface area (Å²) in [5.41, 5.74) is 2.21. The van der Waals surface area contributed by atoms with Crippen LogP contribution >= 0.6 is 11.3 Å². The van der Waals surface area contributed by atoms with Gasteiger partial charge in [-0.25, -0.2) is 4.98 Å². The summed E-state index contributed by atoms with van der Waals surface area (Å²) in [5, 5.41) is 4.18. The molecule has 2 atom stereocenters. The highest BCUT2D eigenvalue weighted by atomic mass is 32.1. The average Bonchev–Trinajstić information content (AvgIpc) is 3.27. The first-order chi connectivity index (χ1) is 17.7. The summed E-state index contributed by atoms with van der Waals surface area (Å²) in [6.45, 7) is 4.41. The van der Waals surface area contributed by atoms with Crippen molar-refractivity contribution in [2.75, 3.05) is 20.6 Å². The second-order valence-electron chi connectivity index (χ2n) is 10.8. The van der Waals surface area contributed by atoms with Gasteiger partial charge in [0.15, 0.2) is 5.78 Å². The quantitative estimate of drug-likeness (QED) is 0.328. The molecule has 1 amide bonds. The number of allylic oxidation sites excluding steroid dienone is 1. The van der Waals surface area contributed by atoms with Crippen LogP contribution in [0.4, 0.5) is 0 Å². The maximum atomic E-state index is 13.6. The third-order valence-electron chi connectivity index (χ3n) is 7.25. The van der Waals surface area contributed by atoms with Gasteiger partial charge in [0.1, 0.15) is 5.78 Å². The summed E-state index contributed by atoms with van der Waals surface area (Å²) in [4.78, 5) is 44.9. The number of carbonyl (C=O) groups excluding carboxylic acids is 3. The lowest BCUT2D eigenvalue weighted by Crippen LogP contribution is -2.44. The second kappa shape index (κ2) is 14.5. The highest BCUT2D eigenvalue weighted by Crippen LogP contribution is 2.30. The topological polar surface area (TPSA) is 79.4 Å². The molecule has 0 bridgehead atoms. The number of ketones is 2. The number of thiazole rings is 1. The van der Waals surface area contributed by atoms with Crippen molar-refractivity contribution in [1.82, 2.24) is 15.2 Å². The number of aryl methyl sites for hydroxylation is 1. The molecule has 0 radical (unpaired) electrons. The van der Waals surface area contributed by atoms with Gasteiger partial charge in [0.2, 0.25) is 5.91 Å². The number of nitrogens with one attached hydrogen (secondary N) is 1. The van der Waals surface area contributed by atoms with Crippen molar-refractivity contribution in [1.29, 1.82) is 0 Å². The molecule has 6 nitrogen and oxygen atoms in total. The number of amides is 1. The van der Waals surface area contributed by atoms with Crippen LogP contribution in [0.15, 0.2) is 30.4 Å². The maximum Gasteiger partial charge on any atom is 0.224 e. The Morgan fingerprint density at radius 3 is 2.62 bits per heavy atom. The van der Waals surface area contributed by atoms with Gasteiger partial charge in [-0.1, -0.05) is 38.3 Å². The van der Waals surface area contributed by atoms with Crippen molar-refractivity contribution < 1.29 is 14.4 Å². The van der Waals surface area contributed by atoms with E-state index in [1.54, 1.807) is 24.3 Å². The van der Waals surface area contributed by atoms with Gasteiger partial charge in [-0.05, 0) is 76.4 Å². The van der Waals surface area contributed by atoms with Crippen molar-refractivity contribution in [2.45, 2.75) is 84.1 Å². The van der Waals surface area contributed by atoms with Gasteiger partial charge in [-0.15, -0.1) is 11.3 Å². The normalized spacial score (nSPS) is 16.4. The van der Waals surface area contributed by atoms with Crippen LogP contribution in [-0.2, 0) is 27.2 Å². The lowest BCUT2D eigenvalue weighted by Gasteiger charge is -2.32. The third-order valence-corrected chi connectivity index (χ3v) is 8.29. The minimum atomic E-state index is -0.453. The molecule has 7 heteroatoms. The summed E-state index contributed by atoms with van der Waals surface area (Å²) in [7, 11) is 3.94. The fourth-order valence-electron chi connectivity index (χ4n) is 5.18. The van der Waals surface area contributed by atoms with Crippen molar-refractivity contribution >= 4 is 39.0 Å². The van der Waals surface area contributed by atoms with Gasteiger partial charge in [-0.3, -0.25) is 9.59 Å². The standard InChI is InChI=1S/C30H43N3O3S/c1-5-22-13-15-27-28(19-22)37-29(31-27)20-24(18-21(2)34)30(36)32-26(23-10-7-6-8-11-23)16-14-25(35)12-9-17-33(3)4/h9,12-13,15,19,23-24,26H,5-8,10-11,14,16-18,20H2,1-4H3,(H,32,36)/b12-9+/t24-,26+/m0/s1. The first-order valence-corrected chi connectivity index (χ1v) is 14.6. The van der Waals surface area contributed by atoms with E-state index in [0.717, 1.165) is 53.9 Å². The molecule has 1 saturated carbocycles. The van der Waals surface area contributed by atoms with E-state index in [2.05, 4.69) is 24.4 Å². The molecule has 3 rings (SSSR count). The second-order valence-corrected chi connectivity index (χ2v) is 11.9. The smallest absolute Gasteiger partial charge is 0.224 e. The van der Waals surface area contributed by atoms with Crippen LogP contribution in [0.2, 0.25) is 0 Å². The molecule has 1 N–H and O–H groups in total. The largest absolute Gasteiger partial charge is 0.353 e. The SMILES string of the molecule is CCc1ccc2nc(C[C@H](CC(C)=O)C(=O)N[C@H](CCC(=O)/C=C/CN(C)C)C3CCCCC3)sc2c1. The number of rotatable bonds is 14. The summed E-state index contributed by atoms with van der Waals surface area (Å²) in [5.74, 6) is -0.0624. The lowest BCUT2D eigenvalue weighted by atomic mass is 9.81. The average molecular weight is 526 g/mol. The molecule has 1 aromatic carbocycles. The van der Waals surface area contributed by atoms with E-state index in [-0.39, 0.29) is 29.9 Å². The summed E-state index contributed by atoms with van der Waals surface area (Å²) >= 11 is 1.61. The summed E-state index contributed by atoms with van der Waals surface area (Å²) in [6.07, 6.45) is 11.9.